The topological polar surface area (TPSA) is 7.76 Å². The first-order valence-corrected chi connectivity index (χ1v) is 8.15. The van der Waals surface area contributed by atoms with E-state index in [1.807, 2.05) is 0 Å². The van der Waals surface area contributed by atoms with Crippen LogP contribution in [-0.4, -0.2) is 0 Å². The van der Waals surface area contributed by atoms with Gasteiger partial charge in [0.1, 0.15) is 0 Å². The molecule has 22 heavy (non-hydrogen) atoms. The van der Waals surface area contributed by atoms with Crippen LogP contribution >= 0.6 is 0 Å². The third kappa shape index (κ3) is 4.40. The molecule has 2 aromatic rings. The number of aromatic nitrogens is 2. The Bertz CT molecular complexity index is 539. The molecular weight excluding hydrogens is 268 g/mol. The van der Waals surface area contributed by atoms with E-state index in [1.165, 1.54) is 11.1 Å². The summed E-state index contributed by atoms with van der Waals surface area (Å²) in [7, 11) is 0. The van der Waals surface area contributed by atoms with Crippen LogP contribution in [-0.2, 0) is 23.9 Å². The molecule has 2 nitrogen and oxygen atoms in total. The van der Waals surface area contributed by atoms with Gasteiger partial charge in [-0.15, -0.1) is 0 Å². The largest absolute Gasteiger partial charge is 0.206 e. The second-order valence-corrected chi connectivity index (χ2v) is 8.15. The van der Waals surface area contributed by atoms with E-state index in [0.29, 0.717) is 0 Å². The van der Waals surface area contributed by atoms with Crippen LogP contribution < -0.4 is 9.13 Å². The highest BCUT2D eigenvalue weighted by molar-refractivity contribution is 5.18. The minimum absolute atomic E-state index is 0.219. The molecule has 0 aromatic carbocycles. The Morgan fingerprint density at radius 1 is 0.591 bits per heavy atom. The van der Waals surface area contributed by atoms with Gasteiger partial charge in [-0.1, -0.05) is 41.5 Å². The molecule has 0 saturated heterocycles. The molecule has 0 amide bonds. The third-order valence-electron chi connectivity index (χ3n) is 4.13. The molecule has 0 unspecified atom stereocenters. The molecule has 0 atom stereocenters. The molecule has 0 aliphatic rings. The Morgan fingerprint density at radius 2 is 0.864 bits per heavy atom. The van der Waals surface area contributed by atoms with Gasteiger partial charge in [-0.25, -0.2) is 0 Å². The molecule has 0 radical (unpaired) electrons. The Kier molecular flexibility index (Phi) is 4.69. The molecule has 2 rings (SSSR count). The zero-order chi connectivity index (χ0) is 16.4. The second-order valence-electron chi connectivity index (χ2n) is 8.15. The fraction of sp³-hybridized carbons (Fsp3) is 0.500. The third-order valence-corrected chi connectivity index (χ3v) is 4.13. The van der Waals surface area contributed by atoms with Crippen molar-refractivity contribution in [3.8, 4) is 0 Å². The summed E-state index contributed by atoms with van der Waals surface area (Å²) in [6, 6.07) is 8.92. The van der Waals surface area contributed by atoms with E-state index < -0.39 is 0 Å². The summed E-state index contributed by atoms with van der Waals surface area (Å²) < 4.78 is 4.50. The molecule has 0 bridgehead atoms. The van der Waals surface area contributed by atoms with Crippen LogP contribution in [0.1, 0.15) is 52.7 Å². The Balaban J connectivity index is 1.98. The quantitative estimate of drug-likeness (QED) is 0.766. The molecular formula is C20H30N2+2. The lowest BCUT2D eigenvalue weighted by molar-refractivity contribution is -0.778. The molecule has 0 aliphatic carbocycles. The fourth-order valence-electron chi connectivity index (χ4n) is 2.44. The number of rotatable bonds is 3. The average Bonchev–Trinajstić information content (AvgIpc) is 2.44. The Hall–Kier alpha value is -1.70. The van der Waals surface area contributed by atoms with Gasteiger partial charge in [0.15, 0.2) is 24.8 Å². The highest BCUT2D eigenvalue weighted by atomic mass is 15.0. The van der Waals surface area contributed by atoms with Crippen molar-refractivity contribution in [3.05, 3.63) is 60.2 Å². The summed E-state index contributed by atoms with van der Waals surface area (Å²) in [6.07, 6.45) is 8.74. The van der Waals surface area contributed by atoms with E-state index in [4.69, 9.17) is 0 Å². The van der Waals surface area contributed by atoms with Crippen molar-refractivity contribution < 1.29 is 9.13 Å². The van der Waals surface area contributed by atoms with Crippen molar-refractivity contribution in [1.82, 2.24) is 0 Å². The van der Waals surface area contributed by atoms with Gasteiger partial charge in [0.05, 0.1) is 0 Å². The van der Waals surface area contributed by atoms with Crippen LogP contribution in [0.2, 0.25) is 0 Å². The molecule has 2 heteroatoms. The highest BCUT2D eigenvalue weighted by Gasteiger charge is 2.16. The lowest BCUT2D eigenvalue weighted by atomic mass is 9.88. The first kappa shape index (κ1) is 16.7. The van der Waals surface area contributed by atoms with Crippen molar-refractivity contribution in [2.45, 2.75) is 65.5 Å². The van der Waals surface area contributed by atoms with Crippen LogP contribution in [0.15, 0.2) is 49.1 Å². The van der Waals surface area contributed by atoms with Crippen molar-refractivity contribution in [2.24, 2.45) is 0 Å². The zero-order valence-corrected chi connectivity index (χ0v) is 14.9. The van der Waals surface area contributed by atoms with Crippen LogP contribution in [0.25, 0.3) is 0 Å². The van der Waals surface area contributed by atoms with Gasteiger partial charge < -0.3 is 0 Å². The van der Waals surface area contributed by atoms with E-state index in [2.05, 4.69) is 99.7 Å². The van der Waals surface area contributed by atoms with Gasteiger partial charge in [-0.3, -0.25) is 0 Å². The number of pyridine rings is 2. The molecule has 2 aromatic heterocycles. The SMILES string of the molecule is CC(C)(C)c1cc[n+](CC[n+]2ccc(C(C)(C)C)cc2)cc1. The predicted molar refractivity (Wildman–Crippen MR) is 90.7 cm³/mol. The minimum atomic E-state index is 0.219. The molecule has 0 spiro atoms. The summed E-state index contributed by atoms with van der Waals surface area (Å²) in [6.45, 7) is 15.5. The molecule has 0 saturated carbocycles. The smallest absolute Gasteiger partial charge is 0.198 e. The maximum Gasteiger partial charge on any atom is 0.206 e. The lowest BCUT2D eigenvalue weighted by Crippen LogP contribution is -2.44. The Labute approximate surface area is 135 Å². The molecule has 118 valence electrons. The maximum atomic E-state index is 2.25. The van der Waals surface area contributed by atoms with Gasteiger partial charge in [-0.05, 0) is 22.0 Å². The van der Waals surface area contributed by atoms with E-state index in [9.17, 15) is 0 Å². The van der Waals surface area contributed by atoms with Gasteiger partial charge >= 0.3 is 0 Å². The monoisotopic (exact) mass is 298 g/mol. The van der Waals surface area contributed by atoms with Crippen molar-refractivity contribution in [3.63, 3.8) is 0 Å². The van der Waals surface area contributed by atoms with E-state index in [1.54, 1.807) is 0 Å². The van der Waals surface area contributed by atoms with Crippen LogP contribution in [0.4, 0.5) is 0 Å². The molecule has 0 aliphatic heterocycles. The predicted octanol–water partition coefficient (Wildman–Crippen LogP) is 3.56. The van der Waals surface area contributed by atoms with Crippen LogP contribution in [0.3, 0.4) is 0 Å². The minimum Gasteiger partial charge on any atom is -0.198 e. The summed E-state index contributed by atoms with van der Waals surface area (Å²) in [5, 5.41) is 0. The van der Waals surface area contributed by atoms with Gasteiger partial charge in [-0.2, -0.15) is 9.13 Å². The zero-order valence-electron chi connectivity index (χ0n) is 14.9. The molecule has 2 heterocycles. The van der Waals surface area contributed by atoms with E-state index in [0.717, 1.165) is 13.1 Å². The van der Waals surface area contributed by atoms with Gasteiger partial charge in [0, 0.05) is 24.3 Å². The fourth-order valence-corrected chi connectivity index (χ4v) is 2.44. The highest BCUT2D eigenvalue weighted by Crippen LogP contribution is 2.20. The number of hydrogen-bond donors (Lipinski definition) is 0. The van der Waals surface area contributed by atoms with Gasteiger partial charge in [0.25, 0.3) is 0 Å². The first-order valence-electron chi connectivity index (χ1n) is 8.15. The van der Waals surface area contributed by atoms with E-state index >= 15 is 0 Å². The van der Waals surface area contributed by atoms with Gasteiger partial charge in [0.2, 0.25) is 13.1 Å². The summed E-state index contributed by atoms with van der Waals surface area (Å²) >= 11 is 0. The lowest BCUT2D eigenvalue weighted by Gasteiger charge is -2.17. The standard InChI is InChI=1S/C20H30N2/c1-19(2,3)17-7-11-21(12-8-17)15-16-22-13-9-18(10-14-22)20(4,5)6/h7-14H,15-16H2,1-6H3/q+2. The summed E-state index contributed by atoms with van der Waals surface area (Å²) in [4.78, 5) is 0. The van der Waals surface area contributed by atoms with Crippen molar-refractivity contribution >= 4 is 0 Å². The summed E-state index contributed by atoms with van der Waals surface area (Å²) in [5.41, 5.74) is 3.20. The average molecular weight is 298 g/mol. The Morgan fingerprint density at radius 3 is 1.09 bits per heavy atom. The van der Waals surface area contributed by atoms with Crippen LogP contribution in [0.5, 0.6) is 0 Å². The number of nitrogens with zero attached hydrogens (tertiary/aromatic N) is 2. The molecule has 0 N–H and O–H groups in total. The molecule has 0 fully saturated rings. The first-order chi connectivity index (χ1) is 10.2. The van der Waals surface area contributed by atoms with Crippen LogP contribution in [0, 0.1) is 0 Å². The second kappa shape index (κ2) is 6.20. The van der Waals surface area contributed by atoms with Crippen molar-refractivity contribution in [2.75, 3.05) is 0 Å². The van der Waals surface area contributed by atoms with Crippen molar-refractivity contribution in [1.29, 1.82) is 0 Å². The number of aryl methyl sites for hydroxylation is 2. The van der Waals surface area contributed by atoms with E-state index in [-0.39, 0.29) is 10.8 Å². The normalized spacial score (nSPS) is 12.5. The number of hydrogen-bond acceptors (Lipinski definition) is 0. The maximum absolute atomic E-state index is 2.25. The summed E-state index contributed by atoms with van der Waals surface area (Å²) in [5.74, 6) is 0.